The molecule has 1 aliphatic carbocycles. The van der Waals surface area contributed by atoms with Crippen molar-refractivity contribution in [1.82, 2.24) is 9.88 Å². The van der Waals surface area contributed by atoms with Gasteiger partial charge >= 0.3 is 0 Å². The third-order valence-corrected chi connectivity index (χ3v) is 7.25. The second-order valence-electron chi connectivity index (χ2n) is 9.44. The molecule has 34 heavy (non-hydrogen) atoms. The Labute approximate surface area is 199 Å². The highest BCUT2D eigenvalue weighted by atomic mass is 16.5. The Morgan fingerprint density at radius 3 is 2.53 bits per heavy atom. The van der Waals surface area contributed by atoms with Gasteiger partial charge in [-0.15, -0.1) is 0 Å². The zero-order valence-corrected chi connectivity index (χ0v) is 20.0. The van der Waals surface area contributed by atoms with Crippen molar-refractivity contribution in [1.29, 1.82) is 0 Å². The van der Waals surface area contributed by atoms with Crippen LogP contribution in [-0.2, 0) is 11.3 Å². The zero-order chi connectivity index (χ0) is 23.9. The van der Waals surface area contributed by atoms with Crippen LogP contribution >= 0.6 is 0 Å². The highest BCUT2D eigenvalue weighted by molar-refractivity contribution is 6.14. The van der Waals surface area contributed by atoms with E-state index < -0.39 is 5.54 Å². The number of para-hydroxylation sites is 1. The Kier molecular flexibility index (Phi) is 5.71. The van der Waals surface area contributed by atoms with Crippen molar-refractivity contribution < 1.29 is 19.1 Å². The fourth-order valence-electron chi connectivity index (χ4n) is 5.38. The summed E-state index contributed by atoms with van der Waals surface area (Å²) in [6.45, 7) is 2.19. The van der Waals surface area contributed by atoms with E-state index in [2.05, 4.69) is 5.32 Å². The normalized spacial score (nSPS) is 20.8. The van der Waals surface area contributed by atoms with E-state index in [0.717, 1.165) is 36.6 Å². The maximum atomic E-state index is 14.1. The first-order valence-corrected chi connectivity index (χ1v) is 11.9. The minimum absolute atomic E-state index is 0.135. The van der Waals surface area contributed by atoms with E-state index in [4.69, 9.17) is 9.47 Å². The summed E-state index contributed by atoms with van der Waals surface area (Å²) in [5.41, 5.74) is 0.905. The third-order valence-electron chi connectivity index (χ3n) is 7.25. The molecule has 0 saturated heterocycles. The first kappa shape index (κ1) is 22.3. The molecule has 1 aliphatic heterocycles. The predicted molar refractivity (Wildman–Crippen MR) is 132 cm³/mol. The molecule has 0 bridgehead atoms. The second kappa shape index (κ2) is 8.70. The fourth-order valence-corrected chi connectivity index (χ4v) is 5.38. The van der Waals surface area contributed by atoms with Gasteiger partial charge in [0.1, 0.15) is 22.7 Å². The number of carbonyl (C=O) groups excluding carboxylic acids is 2. The smallest absolute Gasteiger partial charge is 0.276 e. The summed E-state index contributed by atoms with van der Waals surface area (Å²) in [5, 5.41) is 4.25. The molecule has 2 heterocycles. The number of rotatable bonds is 5. The van der Waals surface area contributed by atoms with Crippen molar-refractivity contribution in [3.8, 4) is 11.5 Å². The van der Waals surface area contributed by atoms with Crippen LogP contribution in [0.3, 0.4) is 0 Å². The number of methoxy groups -OCH3 is 2. The van der Waals surface area contributed by atoms with Crippen molar-refractivity contribution >= 4 is 28.4 Å². The lowest BCUT2D eigenvalue weighted by Gasteiger charge is -2.45. The second-order valence-corrected chi connectivity index (χ2v) is 9.44. The van der Waals surface area contributed by atoms with E-state index in [9.17, 15) is 9.59 Å². The molecule has 1 N–H and O–H groups in total. The molecule has 2 amide bonds. The third kappa shape index (κ3) is 3.59. The van der Waals surface area contributed by atoms with E-state index in [-0.39, 0.29) is 17.9 Å². The van der Waals surface area contributed by atoms with Gasteiger partial charge in [-0.2, -0.15) is 0 Å². The Morgan fingerprint density at radius 2 is 1.79 bits per heavy atom. The van der Waals surface area contributed by atoms with E-state index in [0.29, 0.717) is 29.4 Å². The maximum absolute atomic E-state index is 14.1. The number of anilines is 1. The first-order valence-electron chi connectivity index (χ1n) is 11.9. The monoisotopic (exact) mass is 461 g/mol. The molecule has 0 unspecified atom stereocenters. The average molecular weight is 462 g/mol. The van der Waals surface area contributed by atoms with Gasteiger partial charge in [0, 0.05) is 23.0 Å². The number of hydrogen-bond donors (Lipinski definition) is 1. The number of benzene rings is 2. The molecule has 0 radical (unpaired) electrons. The van der Waals surface area contributed by atoms with Gasteiger partial charge in [0.25, 0.3) is 5.91 Å². The number of hydrogen-bond acceptors (Lipinski definition) is 4. The minimum atomic E-state index is -1.15. The Morgan fingerprint density at radius 1 is 1.03 bits per heavy atom. The lowest BCUT2D eigenvalue weighted by Crippen LogP contribution is -2.65. The van der Waals surface area contributed by atoms with Crippen LogP contribution in [0.25, 0.3) is 10.9 Å². The zero-order valence-electron chi connectivity index (χ0n) is 20.0. The highest BCUT2D eigenvalue weighted by Crippen LogP contribution is 2.41. The van der Waals surface area contributed by atoms with Crippen molar-refractivity contribution in [2.24, 2.45) is 0 Å². The fraction of sp³-hybridized carbons (Fsp3) is 0.407. The molecule has 178 valence electrons. The first-order chi connectivity index (χ1) is 16.5. The summed E-state index contributed by atoms with van der Waals surface area (Å²) < 4.78 is 13.0. The van der Waals surface area contributed by atoms with Crippen molar-refractivity contribution in [3.63, 3.8) is 0 Å². The van der Waals surface area contributed by atoms with Crippen molar-refractivity contribution in [2.45, 2.75) is 57.2 Å². The topological polar surface area (TPSA) is 72.8 Å². The van der Waals surface area contributed by atoms with Crippen LogP contribution in [-0.4, -0.2) is 42.2 Å². The number of nitrogens with zero attached hydrogens (tertiary/aromatic N) is 2. The molecule has 7 heteroatoms. The summed E-state index contributed by atoms with van der Waals surface area (Å²) in [7, 11) is 3.14. The molecule has 2 aromatic carbocycles. The Bertz CT molecular complexity index is 1240. The van der Waals surface area contributed by atoms with Crippen LogP contribution in [0.2, 0.25) is 0 Å². The SMILES string of the molecule is COc1ccc(N2C(=O)c3cc4ccccc4n3C[C@]2(C)C(=O)NC2CCCCC2)c(OC)c1. The van der Waals surface area contributed by atoms with Gasteiger partial charge < -0.3 is 19.4 Å². The van der Waals surface area contributed by atoms with Crippen LogP contribution in [0.15, 0.2) is 48.5 Å². The van der Waals surface area contributed by atoms with Crippen LogP contribution in [0, 0.1) is 0 Å². The molecule has 1 fully saturated rings. The minimum Gasteiger partial charge on any atom is -0.497 e. The van der Waals surface area contributed by atoms with Crippen molar-refractivity contribution in [2.75, 3.05) is 19.1 Å². The summed E-state index contributed by atoms with van der Waals surface area (Å²) in [4.78, 5) is 29.6. The van der Waals surface area contributed by atoms with Gasteiger partial charge in [-0.25, -0.2) is 0 Å². The van der Waals surface area contributed by atoms with Gasteiger partial charge in [0.15, 0.2) is 0 Å². The largest absolute Gasteiger partial charge is 0.497 e. The Balaban J connectivity index is 1.64. The van der Waals surface area contributed by atoms with Crippen LogP contribution in [0.4, 0.5) is 5.69 Å². The molecule has 1 saturated carbocycles. The molecule has 2 aliphatic rings. The van der Waals surface area contributed by atoms with Crippen LogP contribution in [0.5, 0.6) is 11.5 Å². The molecular formula is C27H31N3O4. The van der Waals surface area contributed by atoms with Gasteiger partial charge in [0.2, 0.25) is 5.91 Å². The standard InChI is InChI=1S/C27H31N3O4/c1-27(26(32)28-19-10-5-4-6-11-19)17-29-21-12-8-7-9-18(21)15-23(29)25(31)30(27)22-14-13-20(33-2)16-24(22)34-3/h7-9,12-16,19H,4-6,10-11,17H2,1-3H3,(H,28,32)/t27-/m1/s1. The van der Waals surface area contributed by atoms with Gasteiger partial charge in [-0.1, -0.05) is 37.5 Å². The predicted octanol–water partition coefficient (Wildman–Crippen LogP) is 4.53. The number of nitrogens with one attached hydrogen (secondary N) is 1. The molecule has 1 aromatic heterocycles. The maximum Gasteiger partial charge on any atom is 0.276 e. The number of aromatic nitrogens is 1. The van der Waals surface area contributed by atoms with E-state index >= 15 is 0 Å². The van der Waals surface area contributed by atoms with E-state index in [1.807, 2.05) is 41.8 Å². The lowest BCUT2D eigenvalue weighted by molar-refractivity contribution is -0.127. The number of carbonyl (C=O) groups is 2. The quantitative estimate of drug-likeness (QED) is 0.606. The molecule has 3 aromatic rings. The molecular weight excluding hydrogens is 430 g/mol. The number of amides is 2. The highest BCUT2D eigenvalue weighted by Gasteiger charge is 2.49. The van der Waals surface area contributed by atoms with Crippen LogP contribution < -0.4 is 19.7 Å². The van der Waals surface area contributed by atoms with Gasteiger partial charge in [-0.05, 0) is 44.0 Å². The summed E-state index contributed by atoms with van der Waals surface area (Å²) in [6, 6.07) is 15.3. The average Bonchev–Trinajstić information content (AvgIpc) is 3.23. The number of fused-ring (bicyclic) bond motifs is 3. The summed E-state index contributed by atoms with van der Waals surface area (Å²) in [6.07, 6.45) is 5.38. The van der Waals surface area contributed by atoms with Gasteiger partial charge in [-0.3, -0.25) is 14.5 Å². The molecule has 0 spiro atoms. The van der Waals surface area contributed by atoms with Crippen LogP contribution in [0.1, 0.15) is 49.5 Å². The van der Waals surface area contributed by atoms with E-state index in [1.54, 1.807) is 37.3 Å². The molecule has 5 rings (SSSR count). The molecule has 7 nitrogen and oxygen atoms in total. The summed E-state index contributed by atoms with van der Waals surface area (Å²) >= 11 is 0. The Hall–Kier alpha value is -3.48. The lowest BCUT2D eigenvalue weighted by atomic mass is 9.91. The summed E-state index contributed by atoms with van der Waals surface area (Å²) in [5.74, 6) is 0.725. The van der Waals surface area contributed by atoms with Gasteiger partial charge in [0.05, 0.1) is 26.5 Å². The molecule has 1 atom stereocenters. The van der Waals surface area contributed by atoms with E-state index in [1.165, 1.54) is 6.42 Å². The van der Waals surface area contributed by atoms with Crippen molar-refractivity contribution in [3.05, 3.63) is 54.2 Å². The number of ether oxygens (including phenoxy) is 2.